The third-order valence-corrected chi connectivity index (χ3v) is 5.49. The Morgan fingerprint density at radius 2 is 2.11 bits per heavy atom. The number of carbonyl (C=O) groups excluding carboxylic acids is 1. The van der Waals surface area contributed by atoms with Crippen LogP contribution in [-0.4, -0.2) is 47.7 Å². The first-order valence-electron chi connectivity index (χ1n) is 5.71. The van der Waals surface area contributed by atoms with Gasteiger partial charge in [0, 0.05) is 20.1 Å². The summed E-state index contributed by atoms with van der Waals surface area (Å²) in [6, 6.07) is -0.147. The van der Waals surface area contributed by atoms with Crippen LogP contribution in [0.15, 0.2) is 16.2 Å². The van der Waals surface area contributed by atoms with E-state index in [2.05, 4.69) is 10.1 Å². The second kappa shape index (κ2) is 5.42. The topological polar surface area (TPSA) is 84.6 Å². The van der Waals surface area contributed by atoms with E-state index in [-0.39, 0.29) is 16.1 Å². The summed E-state index contributed by atoms with van der Waals surface area (Å²) in [5.74, 6) is 0. The highest BCUT2D eigenvalue weighted by Crippen LogP contribution is 2.26. The zero-order valence-electron chi connectivity index (χ0n) is 10.3. The fourth-order valence-corrected chi connectivity index (χ4v) is 4.17. The molecule has 0 bridgehead atoms. The molecule has 2 rings (SSSR count). The van der Waals surface area contributed by atoms with E-state index in [9.17, 15) is 13.2 Å². The van der Waals surface area contributed by atoms with E-state index in [4.69, 9.17) is 11.6 Å². The largest absolute Gasteiger partial charge is 0.261 e. The zero-order valence-corrected chi connectivity index (χ0v) is 11.9. The van der Waals surface area contributed by atoms with Crippen LogP contribution in [0.5, 0.6) is 0 Å². The Bertz CT molecular complexity index is 593. The number of isocyanates is 1. The number of hydrogen-bond acceptors (Lipinski definition) is 5. The summed E-state index contributed by atoms with van der Waals surface area (Å²) in [7, 11) is -2.13. The molecule has 9 heteroatoms. The summed E-state index contributed by atoms with van der Waals surface area (Å²) in [6.45, 7) is 0.610. The van der Waals surface area contributed by atoms with Gasteiger partial charge in [0.1, 0.15) is 0 Å². The van der Waals surface area contributed by atoms with Gasteiger partial charge in [-0.3, -0.25) is 4.68 Å². The molecule has 0 N–H and O–H groups in total. The summed E-state index contributed by atoms with van der Waals surface area (Å²) in [5, 5.41) is 3.93. The Labute approximate surface area is 115 Å². The lowest BCUT2D eigenvalue weighted by atomic mass is 10.1. The fraction of sp³-hybridized carbons (Fsp3) is 0.600. The molecule has 0 aliphatic carbocycles. The highest BCUT2D eigenvalue weighted by atomic mass is 35.5. The molecule has 0 aromatic carbocycles. The Morgan fingerprint density at radius 1 is 1.47 bits per heavy atom. The van der Waals surface area contributed by atoms with Crippen LogP contribution in [0.4, 0.5) is 0 Å². The normalized spacial score (nSPS) is 18.2. The summed E-state index contributed by atoms with van der Waals surface area (Å²) in [6.07, 6.45) is 3.82. The van der Waals surface area contributed by atoms with Gasteiger partial charge in [-0.1, -0.05) is 11.6 Å². The Morgan fingerprint density at radius 3 is 2.58 bits per heavy atom. The van der Waals surface area contributed by atoms with Crippen molar-refractivity contribution in [3.63, 3.8) is 0 Å². The molecule has 19 heavy (non-hydrogen) atoms. The third-order valence-electron chi connectivity index (χ3n) is 3.09. The van der Waals surface area contributed by atoms with Gasteiger partial charge in [0.2, 0.25) is 6.08 Å². The first-order valence-corrected chi connectivity index (χ1v) is 7.53. The molecule has 1 saturated heterocycles. The van der Waals surface area contributed by atoms with E-state index >= 15 is 0 Å². The number of nitrogens with zero attached hydrogens (tertiary/aromatic N) is 4. The molecular formula is C10H13ClN4O3S. The molecule has 1 aromatic rings. The van der Waals surface area contributed by atoms with Crippen molar-refractivity contribution in [2.24, 2.45) is 12.0 Å². The van der Waals surface area contributed by atoms with E-state index in [1.165, 1.54) is 28.3 Å². The number of sulfonamides is 1. The molecule has 0 atom stereocenters. The van der Waals surface area contributed by atoms with Gasteiger partial charge in [-0.2, -0.15) is 9.40 Å². The quantitative estimate of drug-likeness (QED) is 0.603. The van der Waals surface area contributed by atoms with Crippen molar-refractivity contribution in [1.29, 1.82) is 0 Å². The van der Waals surface area contributed by atoms with Crippen LogP contribution < -0.4 is 0 Å². The maximum Gasteiger partial charge on any atom is 0.261 e. The molecule has 0 radical (unpaired) electrons. The SMILES string of the molecule is Cn1ncc(Cl)c1S(=O)(=O)N1CCC(N=C=O)CC1. The van der Waals surface area contributed by atoms with Gasteiger partial charge in [-0.15, -0.1) is 0 Å². The van der Waals surface area contributed by atoms with E-state index in [0.29, 0.717) is 25.9 Å². The van der Waals surface area contributed by atoms with Crippen LogP contribution in [-0.2, 0) is 21.9 Å². The lowest BCUT2D eigenvalue weighted by molar-refractivity contribution is 0.318. The van der Waals surface area contributed by atoms with Crippen molar-refractivity contribution in [3.8, 4) is 0 Å². The maximum atomic E-state index is 12.4. The minimum absolute atomic E-state index is 0.00787. The molecule has 0 saturated carbocycles. The van der Waals surface area contributed by atoms with Crippen molar-refractivity contribution < 1.29 is 13.2 Å². The van der Waals surface area contributed by atoms with Gasteiger partial charge in [-0.05, 0) is 12.8 Å². The van der Waals surface area contributed by atoms with E-state index in [0.717, 1.165) is 0 Å². The van der Waals surface area contributed by atoms with Gasteiger partial charge in [0.25, 0.3) is 10.0 Å². The van der Waals surface area contributed by atoms with Gasteiger partial charge >= 0.3 is 0 Å². The van der Waals surface area contributed by atoms with Crippen LogP contribution in [0, 0.1) is 0 Å². The molecular weight excluding hydrogens is 292 g/mol. The van der Waals surface area contributed by atoms with Crippen LogP contribution in [0.3, 0.4) is 0 Å². The van der Waals surface area contributed by atoms with Gasteiger partial charge in [-0.25, -0.2) is 18.2 Å². The molecule has 0 spiro atoms. The molecule has 1 aliphatic rings. The van der Waals surface area contributed by atoms with Crippen molar-refractivity contribution in [2.45, 2.75) is 23.9 Å². The summed E-state index contributed by atoms with van der Waals surface area (Å²) in [5.41, 5.74) is 0. The minimum Gasteiger partial charge on any atom is -0.255 e. The third kappa shape index (κ3) is 2.71. The molecule has 1 aromatic heterocycles. The monoisotopic (exact) mass is 304 g/mol. The number of aliphatic imine (C=N–C) groups is 1. The van der Waals surface area contributed by atoms with Gasteiger partial charge < -0.3 is 0 Å². The molecule has 2 heterocycles. The zero-order chi connectivity index (χ0) is 14.0. The second-order valence-corrected chi connectivity index (χ2v) is 6.54. The highest BCUT2D eigenvalue weighted by Gasteiger charge is 2.33. The predicted octanol–water partition coefficient (Wildman–Crippen LogP) is 0.562. The minimum atomic E-state index is -3.66. The first kappa shape index (κ1) is 14.2. The molecule has 7 nitrogen and oxygen atoms in total. The Kier molecular flexibility index (Phi) is 4.05. The van der Waals surface area contributed by atoms with Crippen molar-refractivity contribution in [3.05, 3.63) is 11.2 Å². The Hall–Kier alpha value is -1.21. The average Bonchev–Trinajstić information content (AvgIpc) is 2.70. The van der Waals surface area contributed by atoms with Gasteiger partial charge in [0.05, 0.1) is 17.3 Å². The second-order valence-electron chi connectivity index (χ2n) is 4.28. The Balaban J connectivity index is 2.21. The van der Waals surface area contributed by atoms with Crippen LogP contribution in [0.2, 0.25) is 5.02 Å². The number of hydrogen-bond donors (Lipinski definition) is 0. The number of aromatic nitrogens is 2. The molecule has 1 fully saturated rings. The van der Waals surface area contributed by atoms with Crippen molar-refractivity contribution in [1.82, 2.24) is 14.1 Å². The molecule has 0 unspecified atom stereocenters. The standard InChI is InChI=1S/C10H13ClN4O3S/c1-14-10(9(11)6-13-14)19(17,18)15-4-2-8(3-5-15)12-7-16/h6,8H,2-5H2,1H3. The lowest BCUT2D eigenvalue weighted by Crippen LogP contribution is -2.40. The van der Waals surface area contributed by atoms with Gasteiger partial charge in [0.15, 0.2) is 5.03 Å². The van der Waals surface area contributed by atoms with E-state index in [1.807, 2.05) is 0 Å². The maximum absolute atomic E-state index is 12.4. The smallest absolute Gasteiger partial charge is 0.255 e. The summed E-state index contributed by atoms with van der Waals surface area (Å²) >= 11 is 5.87. The predicted molar refractivity (Wildman–Crippen MR) is 68.1 cm³/mol. The highest BCUT2D eigenvalue weighted by molar-refractivity contribution is 7.89. The number of piperidine rings is 1. The summed E-state index contributed by atoms with van der Waals surface area (Å²) in [4.78, 5) is 13.8. The lowest BCUT2D eigenvalue weighted by Gasteiger charge is -2.28. The molecule has 1 aliphatic heterocycles. The molecule has 104 valence electrons. The van der Waals surface area contributed by atoms with Crippen molar-refractivity contribution >= 4 is 27.7 Å². The fourth-order valence-electron chi connectivity index (χ4n) is 2.10. The van der Waals surface area contributed by atoms with Crippen LogP contribution >= 0.6 is 11.6 Å². The average molecular weight is 305 g/mol. The molecule has 0 amide bonds. The van der Waals surface area contributed by atoms with E-state index < -0.39 is 10.0 Å². The summed E-state index contributed by atoms with van der Waals surface area (Å²) < 4.78 is 27.4. The van der Waals surface area contributed by atoms with Crippen LogP contribution in [0.1, 0.15) is 12.8 Å². The number of halogens is 1. The van der Waals surface area contributed by atoms with Crippen molar-refractivity contribution in [2.75, 3.05) is 13.1 Å². The number of aryl methyl sites for hydroxylation is 1. The first-order chi connectivity index (χ1) is 8.96. The van der Waals surface area contributed by atoms with Crippen LogP contribution in [0.25, 0.3) is 0 Å². The van der Waals surface area contributed by atoms with E-state index in [1.54, 1.807) is 0 Å². The number of rotatable bonds is 3.